The molecule has 2 atom stereocenters. The summed E-state index contributed by atoms with van der Waals surface area (Å²) in [5.74, 6) is 0.647. The van der Waals surface area contributed by atoms with E-state index in [0.717, 1.165) is 6.42 Å². The molecule has 17 heavy (non-hydrogen) atoms. The fraction of sp³-hybridized carbons (Fsp3) is 1.00. The Balaban J connectivity index is 2.06. The van der Waals surface area contributed by atoms with Crippen LogP contribution >= 0.6 is 0 Å². The molecule has 0 aromatic rings. The largest absolute Gasteiger partial charge is 0.389 e. The van der Waals surface area contributed by atoms with E-state index in [2.05, 4.69) is 33.0 Å². The van der Waals surface area contributed by atoms with Crippen LogP contribution in [0.4, 0.5) is 0 Å². The van der Waals surface area contributed by atoms with Gasteiger partial charge in [-0.05, 0) is 45.4 Å². The number of aliphatic hydroxyl groups excluding tert-OH is 1. The minimum absolute atomic E-state index is 0.240. The van der Waals surface area contributed by atoms with E-state index in [9.17, 15) is 5.11 Å². The molecule has 1 saturated carbocycles. The Labute approximate surface area is 106 Å². The molecule has 0 aromatic carbocycles. The average molecular weight is 243 g/mol. The van der Waals surface area contributed by atoms with Crippen LogP contribution in [0.2, 0.25) is 0 Å². The van der Waals surface area contributed by atoms with Crippen LogP contribution < -0.4 is 5.32 Å². The standard InChI is InChI=1S/C14H29NO2/c1-11(2)8-12(3)17-10-13(16)9-15-14(4)6-5-7-14/h11-13,15-16H,5-10H2,1-4H3. The number of rotatable bonds is 8. The van der Waals surface area contributed by atoms with Gasteiger partial charge in [0.05, 0.1) is 18.8 Å². The van der Waals surface area contributed by atoms with Crippen LogP contribution in [0.5, 0.6) is 0 Å². The molecule has 0 aromatic heterocycles. The third-order valence-electron chi connectivity index (χ3n) is 3.60. The van der Waals surface area contributed by atoms with Gasteiger partial charge in [0.25, 0.3) is 0 Å². The van der Waals surface area contributed by atoms with E-state index >= 15 is 0 Å². The highest BCUT2D eigenvalue weighted by atomic mass is 16.5. The van der Waals surface area contributed by atoms with Gasteiger partial charge in [-0.3, -0.25) is 0 Å². The fourth-order valence-electron chi connectivity index (χ4n) is 2.31. The predicted octanol–water partition coefficient (Wildman–Crippen LogP) is 2.33. The first-order valence-corrected chi connectivity index (χ1v) is 6.96. The molecule has 0 radical (unpaired) electrons. The lowest BCUT2D eigenvalue weighted by molar-refractivity contribution is -0.0125. The molecule has 1 aliphatic rings. The third kappa shape index (κ3) is 5.84. The van der Waals surface area contributed by atoms with Crippen LogP contribution in [0, 0.1) is 5.92 Å². The summed E-state index contributed by atoms with van der Waals surface area (Å²) in [7, 11) is 0. The molecular formula is C14H29NO2. The van der Waals surface area contributed by atoms with Crippen molar-refractivity contribution in [2.45, 2.75) is 71.1 Å². The number of nitrogens with one attached hydrogen (secondary N) is 1. The highest BCUT2D eigenvalue weighted by Crippen LogP contribution is 2.30. The molecule has 0 bridgehead atoms. The van der Waals surface area contributed by atoms with Crippen LogP contribution in [-0.4, -0.2) is 36.0 Å². The quantitative estimate of drug-likeness (QED) is 0.687. The summed E-state index contributed by atoms with van der Waals surface area (Å²) in [5, 5.41) is 13.3. The minimum Gasteiger partial charge on any atom is -0.389 e. The summed E-state index contributed by atoms with van der Waals surface area (Å²) in [6.45, 7) is 9.77. The predicted molar refractivity (Wildman–Crippen MR) is 71.1 cm³/mol. The second-order valence-electron chi connectivity index (χ2n) is 6.22. The summed E-state index contributed by atoms with van der Waals surface area (Å²) < 4.78 is 5.64. The topological polar surface area (TPSA) is 41.5 Å². The van der Waals surface area contributed by atoms with Gasteiger partial charge in [-0.15, -0.1) is 0 Å². The van der Waals surface area contributed by atoms with Crippen molar-refractivity contribution >= 4 is 0 Å². The molecule has 0 amide bonds. The maximum atomic E-state index is 9.83. The zero-order chi connectivity index (χ0) is 12.9. The molecule has 1 rings (SSSR count). The van der Waals surface area contributed by atoms with E-state index in [-0.39, 0.29) is 17.7 Å². The summed E-state index contributed by atoms with van der Waals surface area (Å²) in [6.07, 6.45) is 4.67. The summed E-state index contributed by atoms with van der Waals surface area (Å²) in [6, 6.07) is 0. The molecule has 0 spiro atoms. The van der Waals surface area contributed by atoms with E-state index in [1.165, 1.54) is 19.3 Å². The van der Waals surface area contributed by atoms with Gasteiger partial charge in [0.15, 0.2) is 0 Å². The number of hydrogen-bond donors (Lipinski definition) is 2. The van der Waals surface area contributed by atoms with Crippen LogP contribution in [0.1, 0.15) is 53.4 Å². The maximum absolute atomic E-state index is 9.83. The first kappa shape index (κ1) is 14.9. The second kappa shape index (κ2) is 6.72. The molecule has 0 saturated heterocycles. The Morgan fingerprint density at radius 3 is 2.41 bits per heavy atom. The van der Waals surface area contributed by atoms with Crippen molar-refractivity contribution < 1.29 is 9.84 Å². The Morgan fingerprint density at radius 1 is 1.29 bits per heavy atom. The van der Waals surface area contributed by atoms with Crippen LogP contribution in [0.3, 0.4) is 0 Å². The summed E-state index contributed by atoms with van der Waals surface area (Å²) in [5.41, 5.74) is 0.268. The lowest BCUT2D eigenvalue weighted by Crippen LogP contribution is -2.51. The van der Waals surface area contributed by atoms with Crippen molar-refractivity contribution in [2.24, 2.45) is 5.92 Å². The molecule has 0 aliphatic heterocycles. The molecule has 102 valence electrons. The zero-order valence-corrected chi connectivity index (χ0v) is 11.8. The Bertz CT molecular complexity index is 214. The van der Waals surface area contributed by atoms with E-state index in [1.807, 2.05) is 0 Å². The zero-order valence-electron chi connectivity index (χ0n) is 11.8. The van der Waals surface area contributed by atoms with Crippen molar-refractivity contribution in [3.63, 3.8) is 0 Å². The summed E-state index contributed by atoms with van der Waals surface area (Å²) >= 11 is 0. The molecule has 0 heterocycles. The van der Waals surface area contributed by atoms with Gasteiger partial charge in [0, 0.05) is 12.1 Å². The van der Waals surface area contributed by atoms with Gasteiger partial charge in [-0.1, -0.05) is 13.8 Å². The number of aliphatic hydroxyl groups is 1. The molecule has 1 aliphatic carbocycles. The van der Waals surface area contributed by atoms with Crippen LogP contribution in [0.25, 0.3) is 0 Å². The smallest absolute Gasteiger partial charge is 0.0898 e. The molecule has 3 nitrogen and oxygen atoms in total. The SMILES string of the molecule is CC(C)CC(C)OCC(O)CNC1(C)CCC1. The summed E-state index contributed by atoms with van der Waals surface area (Å²) in [4.78, 5) is 0. The van der Waals surface area contributed by atoms with Gasteiger partial charge >= 0.3 is 0 Å². The highest BCUT2D eigenvalue weighted by Gasteiger charge is 2.31. The van der Waals surface area contributed by atoms with E-state index < -0.39 is 0 Å². The van der Waals surface area contributed by atoms with Gasteiger partial charge in [-0.25, -0.2) is 0 Å². The number of hydrogen-bond acceptors (Lipinski definition) is 3. The van der Waals surface area contributed by atoms with Crippen molar-refractivity contribution in [1.29, 1.82) is 0 Å². The third-order valence-corrected chi connectivity index (χ3v) is 3.60. The lowest BCUT2D eigenvalue weighted by Gasteiger charge is -2.40. The van der Waals surface area contributed by atoms with E-state index in [4.69, 9.17) is 4.74 Å². The molecule has 2 unspecified atom stereocenters. The minimum atomic E-state index is -0.387. The number of ether oxygens (including phenoxy) is 1. The van der Waals surface area contributed by atoms with Gasteiger partial charge in [0.2, 0.25) is 0 Å². The first-order chi connectivity index (χ1) is 7.91. The molecular weight excluding hydrogens is 214 g/mol. The molecule has 2 N–H and O–H groups in total. The van der Waals surface area contributed by atoms with Crippen LogP contribution in [0.15, 0.2) is 0 Å². The monoisotopic (exact) mass is 243 g/mol. The molecule has 3 heteroatoms. The number of β-amino-alcohol motifs (C(OH)–C–C–N with tert-alkyl or cyclic N) is 1. The van der Waals surface area contributed by atoms with Crippen molar-refractivity contribution in [3.05, 3.63) is 0 Å². The Morgan fingerprint density at radius 2 is 1.94 bits per heavy atom. The lowest BCUT2D eigenvalue weighted by atomic mass is 9.78. The van der Waals surface area contributed by atoms with Crippen molar-refractivity contribution in [2.75, 3.05) is 13.2 Å². The average Bonchev–Trinajstić information content (AvgIpc) is 2.20. The van der Waals surface area contributed by atoms with Crippen LogP contribution in [-0.2, 0) is 4.74 Å². The van der Waals surface area contributed by atoms with Gasteiger partial charge in [-0.2, -0.15) is 0 Å². The van der Waals surface area contributed by atoms with E-state index in [1.54, 1.807) is 0 Å². The maximum Gasteiger partial charge on any atom is 0.0898 e. The molecule has 1 fully saturated rings. The normalized spacial score (nSPS) is 22.2. The van der Waals surface area contributed by atoms with Gasteiger partial charge in [0.1, 0.15) is 0 Å². The van der Waals surface area contributed by atoms with E-state index in [0.29, 0.717) is 19.1 Å². The Hall–Kier alpha value is -0.120. The first-order valence-electron chi connectivity index (χ1n) is 6.96. The highest BCUT2D eigenvalue weighted by molar-refractivity contribution is 4.91. The second-order valence-corrected chi connectivity index (χ2v) is 6.22. The van der Waals surface area contributed by atoms with Crippen molar-refractivity contribution in [1.82, 2.24) is 5.32 Å². The van der Waals surface area contributed by atoms with Crippen molar-refractivity contribution in [3.8, 4) is 0 Å². The Kier molecular flexibility index (Phi) is 5.90. The van der Waals surface area contributed by atoms with Gasteiger partial charge < -0.3 is 15.2 Å². The fourth-order valence-corrected chi connectivity index (χ4v) is 2.31.